The molecular weight excluding hydrogens is 296 g/mol. The van der Waals surface area contributed by atoms with Crippen molar-refractivity contribution in [1.82, 2.24) is 0 Å². The second kappa shape index (κ2) is 7.21. The molecule has 8 heteroatoms. The molecule has 0 aromatic heterocycles. The summed E-state index contributed by atoms with van der Waals surface area (Å²) in [7, 11) is 0. The van der Waals surface area contributed by atoms with Crippen molar-refractivity contribution in [1.29, 1.82) is 0 Å². The highest BCUT2D eigenvalue weighted by atomic mass is 16.5. The first-order valence-corrected chi connectivity index (χ1v) is 6.28. The molecule has 0 radical (unpaired) electrons. The number of carbonyl (C=O) groups is 4. The quantitative estimate of drug-likeness (QED) is 0.596. The van der Waals surface area contributed by atoms with Gasteiger partial charge in [0.05, 0.1) is 36.3 Å². The van der Waals surface area contributed by atoms with Gasteiger partial charge >= 0.3 is 11.9 Å². The Hall–Kier alpha value is -2.90. The lowest BCUT2D eigenvalue weighted by Crippen LogP contribution is -2.30. The lowest BCUT2D eigenvalue weighted by atomic mass is 9.98. The molecule has 0 aliphatic carbocycles. The minimum Gasteiger partial charge on any atom is -0.545 e. The molecule has 0 saturated heterocycles. The van der Waals surface area contributed by atoms with Gasteiger partial charge in [0.15, 0.2) is 0 Å². The van der Waals surface area contributed by atoms with Gasteiger partial charge in [-0.3, -0.25) is 0 Å². The maximum atomic E-state index is 11.8. The van der Waals surface area contributed by atoms with Crippen molar-refractivity contribution in [2.75, 3.05) is 13.2 Å². The highest BCUT2D eigenvalue weighted by Crippen LogP contribution is 2.19. The fraction of sp³-hybridized carbons (Fsp3) is 0.286. The molecule has 1 aromatic carbocycles. The number of rotatable bonds is 6. The van der Waals surface area contributed by atoms with Crippen LogP contribution < -0.4 is 10.2 Å². The van der Waals surface area contributed by atoms with E-state index in [1.807, 2.05) is 0 Å². The van der Waals surface area contributed by atoms with Crippen LogP contribution in [0.3, 0.4) is 0 Å². The van der Waals surface area contributed by atoms with Gasteiger partial charge in [0, 0.05) is 11.1 Å². The SMILES string of the molecule is CCOC(=O)c1cc(C(=O)OCC)c(C(=O)[O-])cc1C(=O)[O-]. The van der Waals surface area contributed by atoms with E-state index < -0.39 is 46.1 Å². The molecule has 0 fully saturated rings. The summed E-state index contributed by atoms with van der Waals surface area (Å²) < 4.78 is 9.34. The maximum absolute atomic E-state index is 11.8. The fourth-order valence-corrected chi connectivity index (χ4v) is 1.69. The average Bonchev–Trinajstić information content (AvgIpc) is 2.46. The molecule has 0 unspecified atom stereocenters. The van der Waals surface area contributed by atoms with Crippen LogP contribution in [-0.2, 0) is 9.47 Å². The molecule has 8 nitrogen and oxygen atoms in total. The Morgan fingerprint density at radius 2 is 1.09 bits per heavy atom. The zero-order chi connectivity index (χ0) is 16.9. The average molecular weight is 308 g/mol. The van der Waals surface area contributed by atoms with Gasteiger partial charge in [0.25, 0.3) is 0 Å². The van der Waals surface area contributed by atoms with Crippen molar-refractivity contribution >= 4 is 23.9 Å². The number of carboxylic acid groups (broad SMARTS) is 2. The molecule has 0 bridgehead atoms. The van der Waals surface area contributed by atoms with Gasteiger partial charge < -0.3 is 29.3 Å². The van der Waals surface area contributed by atoms with Crippen LogP contribution in [0.1, 0.15) is 55.3 Å². The molecular formula is C14H12O8-2. The molecule has 0 spiro atoms. The van der Waals surface area contributed by atoms with Gasteiger partial charge in [-0.25, -0.2) is 9.59 Å². The lowest BCUT2D eigenvalue weighted by molar-refractivity contribution is -0.255. The van der Waals surface area contributed by atoms with E-state index in [4.69, 9.17) is 0 Å². The topological polar surface area (TPSA) is 133 Å². The number of hydrogen-bond donors (Lipinski definition) is 0. The highest BCUT2D eigenvalue weighted by molar-refractivity contribution is 6.09. The molecule has 0 saturated carbocycles. The van der Waals surface area contributed by atoms with Crippen LogP contribution in [0.15, 0.2) is 12.1 Å². The van der Waals surface area contributed by atoms with Crippen molar-refractivity contribution in [2.24, 2.45) is 0 Å². The van der Waals surface area contributed by atoms with E-state index in [0.717, 1.165) is 6.07 Å². The Morgan fingerprint density at radius 3 is 1.36 bits per heavy atom. The van der Waals surface area contributed by atoms with E-state index >= 15 is 0 Å². The van der Waals surface area contributed by atoms with Crippen LogP contribution in [0.4, 0.5) is 0 Å². The van der Waals surface area contributed by atoms with E-state index in [9.17, 15) is 29.4 Å². The molecule has 1 aromatic rings. The van der Waals surface area contributed by atoms with Crippen LogP contribution in [0, 0.1) is 0 Å². The third kappa shape index (κ3) is 3.60. The Bertz CT molecular complexity index is 581. The van der Waals surface area contributed by atoms with Gasteiger partial charge in [-0.2, -0.15) is 0 Å². The minimum absolute atomic E-state index is 0.0394. The van der Waals surface area contributed by atoms with Crippen LogP contribution in [0.5, 0.6) is 0 Å². The van der Waals surface area contributed by atoms with Gasteiger partial charge in [-0.05, 0) is 26.0 Å². The number of aromatic carboxylic acids is 2. The van der Waals surface area contributed by atoms with E-state index in [1.165, 1.54) is 13.8 Å². The molecule has 118 valence electrons. The Kier molecular flexibility index (Phi) is 5.62. The van der Waals surface area contributed by atoms with Crippen LogP contribution >= 0.6 is 0 Å². The number of esters is 2. The normalized spacial score (nSPS) is 9.91. The van der Waals surface area contributed by atoms with Gasteiger partial charge in [-0.15, -0.1) is 0 Å². The van der Waals surface area contributed by atoms with Gasteiger partial charge in [0.2, 0.25) is 0 Å². The Labute approximate surface area is 125 Å². The number of benzene rings is 1. The predicted molar refractivity (Wildman–Crippen MR) is 67.0 cm³/mol. The van der Waals surface area contributed by atoms with Crippen molar-refractivity contribution in [3.63, 3.8) is 0 Å². The number of ether oxygens (including phenoxy) is 2. The summed E-state index contributed by atoms with van der Waals surface area (Å²) in [4.78, 5) is 45.6. The predicted octanol–water partition coefficient (Wildman–Crippen LogP) is -1.23. The van der Waals surface area contributed by atoms with E-state index in [1.54, 1.807) is 0 Å². The third-order valence-electron chi connectivity index (χ3n) is 2.59. The molecule has 0 aliphatic heterocycles. The minimum atomic E-state index is -1.79. The van der Waals surface area contributed by atoms with Crippen molar-refractivity contribution < 1.29 is 38.9 Å². The zero-order valence-electron chi connectivity index (χ0n) is 11.8. The number of carbonyl (C=O) groups excluding carboxylic acids is 4. The van der Waals surface area contributed by atoms with Crippen LogP contribution in [0.2, 0.25) is 0 Å². The highest BCUT2D eigenvalue weighted by Gasteiger charge is 2.22. The van der Waals surface area contributed by atoms with Gasteiger partial charge in [0.1, 0.15) is 0 Å². The van der Waals surface area contributed by atoms with E-state index in [2.05, 4.69) is 9.47 Å². The first-order valence-electron chi connectivity index (χ1n) is 6.28. The largest absolute Gasteiger partial charge is 0.545 e. The molecule has 0 aliphatic rings. The number of carboxylic acids is 2. The Balaban J connectivity index is 3.58. The first-order chi connectivity index (χ1) is 10.3. The summed E-state index contributed by atoms with van der Waals surface area (Å²) in [6.45, 7) is 2.92. The molecule has 0 atom stereocenters. The maximum Gasteiger partial charge on any atom is 0.338 e. The summed E-state index contributed by atoms with van der Waals surface area (Å²) in [5, 5.41) is 22.1. The van der Waals surface area contributed by atoms with Gasteiger partial charge in [-0.1, -0.05) is 0 Å². The standard InChI is InChI=1S/C14H14O8/c1-3-21-13(19)9-6-10(14(20)22-4-2)8(12(17)18)5-7(9)11(15)16/h5-6H,3-4H2,1-2H3,(H,15,16)(H,17,18)/p-2. The molecule has 0 N–H and O–H groups in total. The Morgan fingerprint density at radius 1 is 0.773 bits per heavy atom. The van der Waals surface area contributed by atoms with Crippen molar-refractivity contribution in [3.05, 3.63) is 34.4 Å². The monoisotopic (exact) mass is 308 g/mol. The first kappa shape index (κ1) is 17.2. The lowest BCUT2D eigenvalue weighted by Gasteiger charge is -2.16. The second-order valence-electron chi connectivity index (χ2n) is 3.96. The smallest absolute Gasteiger partial charge is 0.338 e. The van der Waals surface area contributed by atoms with Crippen molar-refractivity contribution in [3.8, 4) is 0 Å². The van der Waals surface area contributed by atoms with E-state index in [-0.39, 0.29) is 13.2 Å². The molecule has 0 amide bonds. The summed E-state index contributed by atoms with van der Waals surface area (Å²) in [6, 6.07) is 1.40. The summed E-state index contributed by atoms with van der Waals surface area (Å²) in [6.07, 6.45) is 0. The number of hydrogen-bond acceptors (Lipinski definition) is 8. The fourth-order valence-electron chi connectivity index (χ4n) is 1.69. The molecule has 1 rings (SSSR count). The van der Waals surface area contributed by atoms with Crippen LogP contribution in [-0.4, -0.2) is 37.1 Å². The second-order valence-corrected chi connectivity index (χ2v) is 3.96. The molecule has 0 heterocycles. The van der Waals surface area contributed by atoms with E-state index in [0.29, 0.717) is 6.07 Å². The summed E-state index contributed by atoms with van der Waals surface area (Å²) in [5.41, 5.74) is -2.44. The molecule has 22 heavy (non-hydrogen) atoms. The third-order valence-corrected chi connectivity index (χ3v) is 2.59. The summed E-state index contributed by atoms with van der Waals surface area (Å²) in [5.74, 6) is -5.64. The van der Waals surface area contributed by atoms with Crippen molar-refractivity contribution in [2.45, 2.75) is 13.8 Å². The summed E-state index contributed by atoms with van der Waals surface area (Å²) >= 11 is 0. The zero-order valence-corrected chi connectivity index (χ0v) is 11.8. The van der Waals surface area contributed by atoms with Crippen LogP contribution in [0.25, 0.3) is 0 Å².